The summed E-state index contributed by atoms with van der Waals surface area (Å²) in [4.78, 5) is 15.7. The maximum absolute atomic E-state index is 12.4. The molecule has 2 heterocycles. The highest BCUT2D eigenvalue weighted by Crippen LogP contribution is 2.25. The topological polar surface area (TPSA) is 42.0 Å². The smallest absolute Gasteiger partial charge is 0.272 e. The fourth-order valence-corrected chi connectivity index (χ4v) is 2.28. The molecule has 6 heteroatoms. The Hall–Kier alpha value is -1.82. The lowest BCUT2D eigenvalue weighted by molar-refractivity contribution is 0.0951. The molecule has 0 aromatic carbocycles. The second-order valence-electron chi connectivity index (χ2n) is 4.02. The van der Waals surface area contributed by atoms with E-state index in [2.05, 4.69) is 10.3 Å². The van der Waals surface area contributed by atoms with Crippen molar-refractivity contribution in [3.05, 3.63) is 51.5 Å². The van der Waals surface area contributed by atoms with E-state index in [1.54, 1.807) is 12.4 Å². The Morgan fingerprint density at radius 2 is 2.32 bits per heavy atom. The molecule has 0 saturated heterocycles. The summed E-state index contributed by atoms with van der Waals surface area (Å²) in [6.45, 7) is 2.25. The number of pyridine rings is 1. The van der Waals surface area contributed by atoms with Gasteiger partial charge in [-0.15, -0.1) is 11.3 Å². The van der Waals surface area contributed by atoms with Crippen LogP contribution in [0.4, 0.5) is 8.78 Å². The van der Waals surface area contributed by atoms with Crippen molar-refractivity contribution in [1.82, 2.24) is 10.3 Å². The summed E-state index contributed by atoms with van der Waals surface area (Å²) in [6, 6.07) is 3.07. The van der Waals surface area contributed by atoms with Gasteiger partial charge in [0, 0.05) is 24.3 Å². The molecule has 0 atom stereocenters. The minimum absolute atomic E-state index is 0.0947. The number of rotatable bonds is 4. The maximum atomic E-state index is 12.4. The average Bonchev–Trinajstić information content (AvgIpc) is 2.87. The second-order valence-corrected chi connectivity index (χ2v) is 4.97. The fourth-order valence-electron chi connectivity index (χ4n) is 1.55. The van der Waals surface area contributed by atoms with Gasteiger partial charge in [0.15, 0.2) is 0 Å². The van der Waals surface area contributed by atoms with E-state index in [0.29, 0.717) is 6.54 Å². The number of thiophene rings is 1. The molecule has 1 N–H and O–H groups in total. The predicted molar refractivity (Wildman–Crippen MR) is 69.4 cm³/mol. The van der Waals surface area contributed by atoms with E-state index in [4.69, 9.17) is 0 Å². The van der Waals surface area contributed by atoms with E-state index in [0.717, 1.165) is 22.5 Å². The van der Waals surface area contributed by atoms with Crippen LogP contribution < -0.4 is 5.32 Å². The summed E-state index contributed by atoms with van der Waals surface area (Å²) < 4.78 is 24.8. The van der Waals surface area contributed by atoms with E-state index in [1.807, 2.05) is 13.0 Å². The van der Waals surface area contributed by atoms with Crippen LogP contribution in [0.3, 0.4) is 0 Å². The molecule has 19 heavy (non-hydrogen) atoms. The van der Waals surface area contributed by atoms with Crippen LogP contribution in [0.1, 0.15) is 32.8 Å². The molecule has 3 nitrogen and oxygen atoms in total. The van der Waals surface area contributed by atoms with E-state index in [9.17, 15) is 13.6 Å². The molecule has 0 bridgehead atoms. The molecule has 0 aliphatic rings. The third-order valence-electron chi connectivity index (χ3n) is 2.68. The molecule has 0 aliphatic carbocycles. The number of alkyl halides is 2. The number of aromatic nitrogens is 1. The predicted octanol–water partition coefficient (Wildman–Crippen LogP) is 3.32. The lowest BCUT2D eigenvalue weighted by atomic mass is 10.1. The fraction of sp³-hybridized carbons (Fsp3) is 0.231. The lowest BCUT2D eigenvalue weighted by Crippen LogP contribution is -2.22. The first-order valence-electron chi connectivity index (χ1n) is 5.62. The van der Waals surface area contributed by atoms with Gasteiger partial charge < -0.3 is 5.32 Å². The third kappa shape index (κ3) is 3.35. The van der Waals surface area contributed by atoms with Crippen molar-refractivity contribution in [3.63, 3.8) is 0 Å². The van der Waals surface area contributed by atoms with E-state index < -0.39 is 6.43 Å². The normalized spacial score (nSPS) is 10.7. The van der Waals surface area contributed by atoms with Crippen LogP contribution in [0.5, 0.6) is 0 Å². The van der Waals surface area contributed by atoms with Crippen LogP contribution in [0.2, 0.25) is 0 Å². The highest BCUT2D eigenvalue weighted by Gasteiger charge is 2.14. The van der Waals surface area contributed by atoms with Crippen molar-refractivity contribution in [1.29, 1.82) is 0 Å². The van der Waals surface area contributed by atoms with Gasteiger partial charge in [0.25, 0.3) is 12.3 Å². The summed E-state index contributed by atoms with van der Waals surface area (Å²) in [5.74, 6) is -0.355. The van der Waals surface area contributed by atoms with Gasteiger partial charge in [0.1, 0.15) is 0 Å². The van der Waals surface area contributed by atoms with Gasteiger partial charge in [0.2, 0.25) is 0 Å². The van der Waals surface area contributed by atoms with E-state index in [1.165, 1.54) is 11.4 Å². The highest BCUT2D eigenvalue weighted by atomic mass is 32.1. The molecule has 0 saturated carbocycles. The number of amides is 1. The maximum Gasteiger partial charge on any atom is 0.272 e. The van der Waals surface area contributed by atoms with Gasteiger partial charge in [-0.3, -0.25) is 9.78 Å². The first kappa shape index (κ1) is 13.6. The van der Waals surface area contributed by atoms with Crippen LogP contribution in [-0.4, -0.2) is 10.9 Å². The number of nitrogens with one attached hydrogen (secondary N) is 1. The molecular weight excluding hydrogens is 270 g/mol. The van der Waals surface area contributed by atoms with Gasteiger partial charge in [-0.1, -0.05) is 0 Å². The number of halogens is 2. The molecule has 0 fully saturated rings. The number of hydrogen-bond acceptors (Lipinski definition) is 3. The number of nitrogens with zero attached hydrogens (tertiary/aromatic N) is 1. The molecule has 100 valence electrons. The summed E-state index contributed by atoms with van der Waals surface area (Å²) in [5.41, 5.74) is 2.19. The molecule has 2 aromatic rings. The Morgan fingerprint density at radius 3 is 2.95 bits per heavy atom. The zero-order valence-electron chi connectivity index (χ0n) is 10.2. The molecule has 1 amide bonds. The molecule has 0 unspecified atom stereocenters. The number of aryl methyl sites for hydroxylation is 1. The Balaban J connectivity index is 1.99. The Labute approximate surface area is 113 Å². The van der Waals surface area contributed by atoms with Crippen molar-refractivity contribution < 1.29 is 13.6 Å². The summed E-state index contributed by atoms with van der Waals surface area (Å²) >= 11 is 0.888. The van der Waals surface area contributed by atoms with Gasteiger partial charge >= 0.3 is 0 Å². The zero-order valence-corrected chi connectivity index (χ0v) is 11.0. The standard InChI is InChI=1S/C13H12F2N2OS/c1-8-2-3-16-5-10(8)6-17-13(18)9-4-11(12(14)15)19-7-9/h2-5,7,12H,6H2,1H3,(H,17,18). The first-order chi connectivity index (χ1) is 9.08. The van der Waals surface area contributed by atoms with E-state index >= 15 is 0 Å². The number of carbonyl (C=O) groups excluding carboxylic acids is 1. The van der Waals surface area contributed by atoms with Gasteiger partial charge in [0.05, 0.1) is 10.4 Å². The van der Waals surface area contributed by atoms with Crippen molar-refractivity contribution in [2.45, 2.75) is 19.9 Å². The lowest BCUT2D eigenvalue weighted by Gasteiger charge is -2.06. The van der Waals surface area contributed by atoms with Crippen LogP contribution in [0.25, 0.3) is 0 Å². The van der Waals surface area contributed by atoms with Gasteiger partial charge in [-0.2, -0.15) is 0 Å². The van der Waals surface area contributed by atoms with Crippen LogP contribution >= 0.6 is 11.3 Å². The number of carbonyl (C=O) groups is 1. The SMILES string of the molecule is Cc1ccncc1CNC(=O)c1csc(C(F)F)c1. The molecule has 2 aromatic heterocycles. The molecule has 2 rings (SSSR count). The number of hydrogen-bond donors (Lipinski definition) is 1. The first-order valence-corrected chi connectivity index (χ1v) is 6.50. The molecule has 0 spiro atoms. The van der Waals surface area contributed by atoms with Crippen molar-refractivity contribution in [2.75, 3.05) is 0 Å². The van der Waals surface area contributed by atoms with Crippen LogP contribution in [0.15, 0.2) is 29.9 Å². The molecule has 0 radical (unpaired) electrons. The Bertz CT molecular complexity index is 584. The average molecular weight is 282 g/mol. The largest absolute Gasteiger partial charge is 0.348 e. The van der Waals surface area contributed by atoms with Crippen LogP contribution in [-0.2, 0) is 6.54 Å². The third-order valence-corrected chi connectivity index (χ3v) is 3.62. The molecule has 0 aliphatic heterocycles. The summed E-state index contributed by atoms with van der Waals surface area (Å²) in [6.07, 6.45) is 0.814. The van der Waals surface area contributed by atoms with Gasteiger partial charge in [-0.25, -0.2) is 8.78 Å². The Morgan fingerprint density at radius 1 is 1.53 bits per heavy atom. The zero-order chi connectivity index (χ0) is 13.8. The van der Waals surface area contributed by atoms with Crippen LogP contribution in [0, 0.1) is 6.92 Å². The van der Waals surface area contributed by atoms with Crippen molar-refractivity contribution in [3.8, 4) is 0 Å². The Kier molecular flexibility index (Phi) is 4.21. The second kappa shape index (κ2) is 5.88. The van der Waals surface area contributed by atoms with Crippen molar-refractivity contribution >= 4 is 17.2 Å². The van der Waals surface area contributed by atoms with Crippen molar-refractivity contribution in [2.24, 2.45) is 0 Å². The summed E-state index contributed by atoms with van der Waals surface area (Å²) in [5, 5.41) is 4.13. The van der Waals surface area contributed by atoms with Gasteiger partial charge in [-0.05, 0) is 30.2 Å². The monoisotopic (exact) mass is 282 g/mol. The quantitative estimate of drug-likeness (QED) is 0.934. The highest BCUT2D eigenvalue weighted by molar-refractivity contribution is 7.10. The summed E-state index contributed by atoms with van der Waals surface area (Å²) in [7, 11) is 0. The molecular formula is C13H12F2N2OS. The minimum atomic E-state index is -2.54. The van der Waals surface area contributed by atoms with E-state index in [-0.39, 0.29) is 16.3 Å². The minimum Gasteiger partial charge on any atom is -0.348 e.